The Labute approximate surface area is 126 Å². The van der Waals surface area contributed by atoms with Crippen LogP contribution < -0.4 is 5.32 Å². The highest BCUT2D eigenvalue weighted by atomic mass is 32.2. The second-order valence-electron chi connectivity index (χ2n) is 4.34. The highest BCUT2D eigenvalue weighted by molar-refractivity contribution is 7.97. The summed E-state index contributed by atoms with van der Waals surface area (Å²) in [7, 11) is 1.29. The number of nitrogens with one attached hydrogen (secondary N) is 1. The van der Waals surface area contributed by atoms with Gasteiger partial charge in [-0.25, -0.2) is 9.18 Å². The molecule has 0 saturated heterocycles. The Morgan fingerprint density at radius 3 is 2.81 bits per heavy atom. The molecule has 0 atom stereocenters. The van der Waals surface area contributed by atoms with Crippen molar-refractivity contribution in [1.29, 1.82) is 0 Å². The number of benzene rings is 1. The van der Waals surface area contributed by atoms with Crippen molar-refractivity contribution in [2.75, 3.05) is 18.7 Å². The van der Waals surface area contributed by atoms with Gasteiger partial charge in [-0.3, -0.25) is 0 Å². The second-order valence-corrected chi connectivity index (χ2v) is 5.21. The van der Waals surface area contributed by atoms with E-state index in [0.717, 1.165) is 11.5 Å². The number of esters is 1. The average Bonchev–Trinajstić information content (AvgIpc) is 2.93. The van der Waals surface area contributed by atoms with E-state index in [1.165, 1.54) is 25.3 Å². The molecule has 0 unspecified atom stereocenters. The van der Waals surface area contributed by atoms with Gasteiger partial charge < -0.3 is 14.5 Å². The Morgan fingerprint density at radius 1 is 1.33 bits per heavy atom. The Bertz CT molecular complexity index is 627. The fraction of sp³-hybridized carbons (Fsp3) is 0.267. The van der Waals surface area contributed by atoms with E-state index in [4.69, 9.17) is 4.42 Å². The predicted molar refractivity (Wildman–Crippen MR) is 81.0 cm³/mol. The highest BCUT2D eigenvalue weighted by Gasteiger charge is 2.10. The third kappa shape index (κ3) is 4.01. The minimum atomic E-state index is -0.502. The summed E-state index contributed by atoms with van der Waals surface area (Å²) in [5, 5.41) is 2.92. The SMILES string of the molecule is COC(=O)c1ccc(F)c(NCc2ccc(CSC)o2)c1. The van der Waals surface area contributed by atoms with Crippen LogP contribution in [0.5, 0.6) is 0 Å². The summed E-state index contributed by atoms with van der Waals surface area (Å²) in [4.78, 5) is 11.4. The number of carbonyl (C=O) groups excluding carboxylic acids is 1. The molecule has 0 spiro atoms. The van der Waals surface area contributed by atoms with Crippen molar-refractivity contribution in [2.45, 2.75) is 12.3 Å². The molecule has 2 aromatic rings. The zero-order chi connectivity index (χ0) is 15.2. The maximum absolute atomic E-state index is 13.7. The maximum atomic E-state index is 13.7. The molecule has 1 aromatic heterocycles. The van der Waals surface area contributed by atoms with Crippen molar-refractivity contribution in [1.82, 2.24) is 0 Å². The number of anilines is 1. The second kappa shape index (κ2) is 7.17. The molecule has 2 rings (SSSR count). The summed E-state index contributed by atoms with van der Waals surface area (Å²) in [6.45, 7) is 0.343. The molecular weight excluding hydrogens is 293 g/mol. The molecule has 0 aliphatic carbocycles. The molecule has 1 heterocycles. The van der Waals surface area contributed by atoms with Crippen LogP contribution >= 0.6 is 11.8 Å². The van der Waals surface area contributed by atoms with Crippen LogP contribution in [0.4, 0.5) is 10.1 Å². The van der Waals surface area contributed by atoms with Gasteiger partial charge in [-0.15, -0.1) is 0 Å². The zero-order valence-electron chi connectivity index (χ0n) is 11.8. The minimum absolute atomic E-state index is 0.237. The van der Waals surface area contributed by atoms with E-state index in [1.54, 1.807) is 11.8 Å². The molecule has 1 aromatic carbocycles. The third-order valence-corrected chi connectivity index (χ3v) is 3.42. The lowest BCUT2D eigenvalue weighted by Crippen LogP contribution is -2.05. The van der Waals surface area contributed by atoms with Gasteiger partial charge in [-0.1, -0.05) is 0 Å². The number of methoxy groups -OCH3 is 1. The van der Waals surface area contributed by atoms with Crippen LogP contribution in [0.3, 0.4) is 0 Å². The summed E-state index contributed by atoms with van der Waals surface area (Å²) in [6, 6.07) is 7.79. The molecule has 4 nitrogen and oxygen atoms in total. The quantitative estimate of drug-likeness (QED) is 0.825. The summed E-state index contributed by atoms with van der Waals surface area (Å²) in [6.07, 6.45) is 1.99. The van der Waals surface area contributed by atoms with Crippen molar-refractivity contribution in [3.05, 3.63) is 53.2 Å². The Morgan fingerprint density at radius 2 is 2.10 bits per heavy atom. The highest BCUT2D eigenvalue weighted by Crippen LogP contribution is 2.19. The van der Waals surface area contributed by atoms with Crippen molar-refractivity contribution in [3.8, 4) is 0 Å². The zero-order valence-corrected chi connectivity index (χ0v) is 12.6. The first-order chi connectivity index (χ1) is 10.1. The van der Waals surface area contributed by atoms with Crippen LogP contribution in [0.1, 0.15) is 21.9 Å². The fourth-order valence-electron chi connectivity index (χ4n) is 1.83. The molecule has 0 aliphatic rings. The number of carbonyl (C=O) groups is 1. The molecule has 21 heavy (non-hydrogen) atoms. The summed E-state index contributed by atoms with van der Waals surface area (Å²) < 4.78 is 23.9. The number of ether oxygens (including phenoxy) is 1. The van der Waals surface area contributed by atoms with Gasteiger partial charge in [0.2, 0.25) is 0 Å². The van der Waals surface area contributed by atoms with Gasteiger partial charge in [0.15, 0.2) is 0 Å². The van der Waals surface area contributed by atoms with E-state index in [0.29, 0.717) is 17.9 Å². The van der Waals surface area contributed by atoms with Gasteiger partial charge in [0.1, 0.15) is 17.3 Å². The van der Waals surface area contributed by atoms with Gasteiger partial charge >= 0.3 is 5.97 Å². The molecule has 0 bridgehead atoms. The number of rotatable bonds is 6. The number of hydrogen-bond donors (Lipinski definition) is 1. The van der Waals surface area contributed by atoms with Gasteiger partial charge in [-0.05, 0) is 36.6 Å². The molecule has 1 N–H and O–H groups in total. The number of hydrogen-bond acceptors (Lipinski definition) is 5. The fourth-order valence-corrected chi connectivity index (χ4v) is 2.26. The summed E-state index contributed by atoms with van der Waals surface area (Å²) >= 11 is 1.67. The molecule has 0 saturated carbocycles. The van der Waals surface area contributed by atoms with Gasteiger partial charge in [-0.2, -0.15) is 11.8 Å². The van der Waals surface area contributed by atoms with Crippen LogP contribution in [0.2, 0.25) is 0 Å². The van der Waals surface area contributed by atoms with E-state index in [9.17, 15) is 9.18 Å². The summed E-state index contributed by atoms with van der Waals surface area (Å²) in [5.41, 5.74) is 0.532. The first-order valence-electron chi connectivity index (χ1n) is 6.32. The van der Waals surface area contributed by atoms with E-state index in [1.807, 2.05) is 18.4 Å². The largest absolute Gasteiger partial charge is 0.465 e. The monoisotopic (exact) mass is 309 g/mol. The molecular formula is C15H16FNO3S. The topological polar surface area (TPSA) is 51.5 Å². The van der Waals surface area contributed by atoms with Crippen molar-refractivity contribution < 1.29 is 18.3 Å². The molecule has 0 aliphatic heterocycles. The molecule has 112 valence electrons. The van der Waals surface area contributed by atoms with Gasteiger partial charge in [0.25, 0.3) is 0 Å². The third-order valence-electron chi connectivity index (χ3n) is 2.84. The van der Waals surface area contributed by atoms with Gasteiger partial charge in [0.05, 0.1) is 30.7 Å². The standard InChI is InChI=1S/C15H16FNO3S/c1-19-15(18)10-3-6-13(16)14(7-10)17-8-11-4-5-12(20-11)9-21-2/h3-7,17H,8-9H2,1-2H3. The lowest BCUT2D eigenvalue weighted by molar-refractivity contribution is 0.0600. The van der Waals surface area contributed by atoms with E-state index < -0.39 is 11.8 Å². The van der Waals surface area contributed by atoms with E-state index >= 15 is 0 Å². The predicted octanol–water partition coefficient (Wildman–Crippen LogP) is 3.68. The Kier molecular flexibility index (Phi) is 5.27. The summed E-state index contributed by atoms with van der Waals surface area (Å²) in [5.74, 6) is 1.45. The minimum Gasteiger partial charge on any atom is -0.465 e. The van der Waals surface area contributed by atoms with Gasteiger partial charge in [0, 0.05) is 0 Å². The first kappa shape index (κ1) is 15.4. The van der Waals surface area contributed by atoms with E-state index in [2.05, 4.69) is 10.1 Å². The molecule has 0 amide bonds. The van der Waals surface area contributed by atoms with Crippen molar-refractivity contribution in [3.63, 3.8) is 0 Å². The van der Waals surface area contributed by atoms with E-state index in [-0.39, 0.29) is 5.69 Å². The van der Waals surface area contributed by atoms with Crippen LogP contribution in [0.25, 0.3) is 0 Å². The van der Waals surface area contributed by atoms with Crippen LogP contribution in [0.15, 0.2) is 34.7 Å². The Balaban J connectivity index is 2.06. The number of furan rings is 1. The lowest BCUT2D eigenvalue weighted by atomic mass is 10.2. The van der Waals surface area contributed by atoms with Crippen molar-refractivity contribution in [2.24, 2.45) is 0 Å². The van der Waals surface area contributed by atoms with Crippen molar-refractivity contribution >= 4 is 23.4 Å². The maximum Gasteiger partial charge on any atom is 0.337 e. The molecule has 0 radical (unpaired) electrons. The first-order valence-corrected chi connectivity index (χ1v) is 7.71. The van der Waals surface area contributed by atoms with Crippen LogP contribution in [0, 0.1) is 5.82 Å². The Hall–Kier alpha value is -1.95. The number of halogens is 1. The van der Waals surface area contributed by atoms with Crippen LogP contribution in [-0.4, -0.2) is 19.3 Å². The normalized spacial score (nSPS) is 10.4. The average molecular weight is 309 g/mol. The molecule has 0 fully saturated rings. The number of thioether (sulfide) groups is 1. The lowest BCUT2D eigenvalue weighted by Gasteiger charge is -2.08. The molecule has 6 heteroatoms. The smallest absolute Gasteiger partial charge is 0.337 e. The van der Waals surface area contributed by atoms with Crippen LogP contribution in [-0.2, 0) is 17.0 Å².